The van der Waals surface area contributed by atoms with Crippen molar-refractivity contribution >= 4 is 11.7 Å². The summed E-state index contributed by atoms with van der Waals surface area (Å²) in [7, 11) is 1.90. The monoisotopic (exact) mass is 272 g/mol. The molecule has 0 aliphatic rings. The third-order valence-electron chi connectivity index (χ3n) is 2.20. The molecule has 0 unspecified atom stereocenters. The fourth-order valence-electron chi connectivity index (χ4n) is 1.20. The number of amides is 1. The van der Waals surface area contributed by atoms with Crippen LogP contribution in [0.5, 0.6) is 0 Å². The van der Waals surface area contributed by atoms with Crippen LogP contribution >= 0.6 is 0 Å². The lowest BCUT2D eigenvalue weighted by atomic mass is 10.2. The molecule has 0 aromatic carbocycles. The number of carbonyl (C=O) groups excluding carboxylic acids is 2. The molecule has 0 aliphatic carbocycles. The molecule has 4 heteroatoms. The van der Waals surface area contributed by atoms with Crippen molar-refractivity contribution in [2.45, 2.75) is 52.9 Å². The number of nitrogens with two attached hydrogens (primary N) is 1. The van der Waals surface area contributed by atoms with Gasteiger partial charge in [-0.15, -0.1) is 12.8 Å². The summed E-state index contributed by atoms with van der Waals surface area (Å²) in [4.78, 5) is 22.5. The molecule has 1 amide bonds. The van der Waals surface area contributed by atoms with Gasteiger partial charge < -0.3 is 10.5 Å². The van der Waals surface area contributed by atoms with E-state index in [2.05, 4.69) is 26.7 Å². The fraction of sp³-hybridized carbons (Fsp3) is 0.733. The fourth-order valence-corrected chi connectivity index (χ4v) is 1.20. The average molecular weight is 272 g/mol. The van der Waals surface area contributed by atoms with E-state index in [1.807, 2.05) is 11.9 Å². The zero-order valence-electron chi connectivity index (χ0n) is 12.9. The molecule has 4 nitrogen and oxygen atoms in total. The van der Waals surface area contributed by atoms with E-state index >= 15 is 0 Å². The number of Topliss-reactive ketones (excluding diaryl/α,β-unsaturated/α-hetero) is 1. The van der Waals surface area contributed by atoms with E-state index in [-0.39, 0.29) is 7.33 Å². The number of rotatable bonds is 8. The van der Waals surface area contributed by atoms with Crippen molar-refractivity contribution in [2.24, 2.45) is 5.73 Å². The molecule has 2 N–H and O–H groups in total. The van der Waals surface area contributed by atoms with Gasteiger partial charge in [-0.1, -0.05) is 26.7 Å². The number of hydrogen-bond acceptors (Lipinski definition) is 3. The zero-order valence-corrected chi connectivity index (χ0v) is 12.9. The molecule has 0 aromatic heterocycles. The Morgan fingerprint density at radius 1 is 1.16 bits per heavy atom. The van der Waals surface area contributed by atoms with E-state index in [1.54, 1.807) is 6.92 Å². The van der Waals surface area contributed by atoms with Gasteiger partial charge in [0.1, 0.15) is 5.78 Å². The molecule has 0 fully saturated rings. The Morgan fingerprint density at radius 3 is 1.89 bits per heavy atom. The number of primary amides is 1. The number of hydrogen-bond donors (Lipinski definition) is 1. The minimum atomic E-state index is -0.251. The number of likely N-dealkylation sites (N-methyl/N-ethyl adjacent to an activating group) is 1. The second kappa shape index (κ2) is 19.0. The summed E-state index contributed by atoms with van der Waals surface area (Å²) in [6, 6.07) is 0. The van der Waals surface area contributed by atoms with Crippen LogP contribution < -0.4 is 5.73 Å². The lowest BCUT2D eigenvalue weighted by molar-refractivity contribution is -0.119. The largest absolute Gasteiger partial charge is 0.369 e. The molecule has 0 saturated carbocycles. The highest BCUT2D eigenvalue weighted by atomic mass is 16.1. The number of terminal acetylenes is 1. The van der Waals surface area contributed by atoms with Gasteiger partial charge in [-0.2, -0.15) is 0 Å². The van der Waals surface area contributed by atoms with Crippen LogP contribution in [0.2, 0.25) is 0 Å². The van der Waals surface area contributed by atoms with Crippen LogP contribution in [0.25, 0.3) is 0 Å². The van der Waals surface area contributed by atoms with Crippen LogP contribution in [-0.2, 0) is 9.59 Å². The van der Waals surface area contributed by atoms with E-state index in [4.69, 9.17) is 5.73 Å². The Hall–Kier alpha value is -1.34. The summed E-state index contributed by atoms with van der Waals surface area (Å²) in [6.07, 6.45) is 13.2. The van der Waals surface area contributed by atoms with Gasteiger partial charge in [0.2, 0.25) is 5.91 Å². The van der Waals surface area contributed by atoms with Gasteiger partial charge in [-0.25, -0.2) is 0 Å². The highest BCUT2D eigenvalue weighted by molar-refractivity contribution is 5.75. The molecule has 0 bridgehead atoms. The molecule has 0 radical (unpaired) electrons. The first-order chi connectivity index (χ1) is 8.93. The van der Waals surface area contributed by atoms with Crippen molar-refractivity contribution in [3.63, 3.8) is 0 Å². The summed E-state index contributed by atoms with van der Waals surface area (Å²) >= 11 is 0. The molecule has 0 saturated heterocycles. The van der Waals surface area contributed by atoms with Gasteiger partial charge in [-0.3, -0.25) is 9.69 Å². The highest BCUT2D eigenvalue weighted by Gasteiger charge is 1.99. The summed E-state index contributed by atoms with van der Waals surface area (Å²) < 4.78 is 0. The van der Waals surface area contributed by atoms with Gasteiger partial charge in [-0.05, 0) is 33.4 Å². The number of ketones is 1. The molecule has 19 heavy (non-hydrogen) atoms. The number of carbonyl (C=O) groups is 2. The van der Waals surface area contributed by atoms with Crippen molar-refractivity contribution in [3.8, 4) is 12.8 Å². The summed E-state index contributed by atoms with van der Waals surface area (Å²) in [6.45, 7) is 7.18. The quantitative estimate of drug-likeness (QED) is 0.690. The standard InChI is InChI=1S/C7H16N2O.C6H12O.C2H2.H2/c1-3-4-5-9(2)6-7(8)10;1-3-4-5-6(2)7;1-2;/h3-6H2,1-2H3,(H2,8,10);3-5H2,1-2H3;1-2H;1H. The third-order valence-corrected chi connectivity index (χ3v) is 2.20. The van der Waals surface area contributed by atoms with Crippen molar-refractivity contribution in [1.29, 1.82) is 0 Å². The molecule has 0 aliphatic heterocycles. The smallest absolute Gasteiger partial charge is 0.231 e. The van der Waals surface area contributed by atoms with E-state index in [9.17, 15) is 9.59 Å². The molecule has 0 spiro atoms. The Balaban J connectivity index is -0.000000113. The molecule has 0 rings (SSSR count). The molecule has 114 valence electrons. The van der Waals surface area contributed by atoms with E-state index in [1.165, 1.54) is 0 Å². The third kappa shape index (κ3) is 31.5. The number of unbranched alkanes of at least 4 members (excludes halogenated alkanes) is 2. The second-order valence-corrected chi connectivity index (χ2v) is 4.36. The molecule has 0 heterocycles. The van der Waals surface area contributed by atoms with Crippen molar-refractivity contribution in [2.75, 3.05) is 20.1 Å². The lowest BCUT2D eigenvalue weighted by Crippen LogP contribution is -2.31. The Kier molecular flexibility index (Phi) is 22.8. The Morgan fingerprint density at radius 2 is 1.63 bits per heavy atom. The maximum Gasteiger partial charge on any atom is 0.231 e. The maximum atomic E-state index is 10.4. The van der Waals surface area contributed by atoms with Crippen LogP contribution in [0.1, 0.15) is 54.3 Å². The van der Waals surface area contributed by atoms with E-state index in [0.717, 1.165) is 38.6 Å². The highest BCUT2D eigenvalue weighted by Crippen LogP contribution is 1.92. The molecular weight excluding hydrogens is 240 g/mol. The summed E-state index contributed by atoms with van der Waals surface area (Å²) in [5.41, 5.74) is 4.98. The van der Waals surface area contributed by atoms with Gasteiger partial charge in [0.25, 0.3) is 0 Å². The van der Waals surface area contributed by atoms with Gasteiger partial charge in [0.15, 0.2) is 0 Å². The topological polar surface area (TPSA) is 63.4 Å². The van der Waals surface area contributed by atoms with Crippen LogP contribution in [0.4, 0.5) is 0 Å². The van der Waals surface area contributed by atoms with Gasteiger partial charge in [0, 0.05) is 7.85 Å². The Labute approximate surface area is 120 Å². The summed E-state index contributed by atoms with van der Waals surface area (Å²) in [5, 5.41) is 0. The second-order valence-electron chi connectivity index (χ2n) is 4.36. The van der Waals surface area contributed by atoms with Crippen LogP contribution in [0.3, 0.4) is 0 Å². The van der Waals surface area contributed by atoms with Crippen LogP contribution in [0.15, 0.2) is 0 Å². The maximum absolute atomic E-state index is 10.4. The first-order valence-corrected chi connectivity index (χ1v) is 6.73. The first-order valence-electron chi connectivity index (χ1n) is 6.73. The molecular formula is C15H32N2O2. The van der Waals surface area contributed by atoms with Gasteiger partial charge >= 0.3 is 0 Å². The zero-order chi connectivity index (χ0) is 15.7. The van der Waals surface area contributed by atoms with Crippen LogP contribution in [-0.4, -0.2) is 36.7 Å². The number of nitrogens with zero attached hydrogens (tertiary/aromatic N) is 1. The predicted octanol–water partition coefficient (Wildman–Crippen LogP) is 2.46. The normalized spacial score (nSPS) is 8.79. The van der Waals surface area contributed by atoms with Crippen molar-refractivity contribution < 1.29 is 11.0 Å². The SMILES string of the molecule is C#C.CCCCC(C)=O.CCCCN(C)CC(N)=O.[HH]. The Bertz CT molecular complexity index is 243. The molecule has 0 atom stereocenters. The molecule has 0 aromatic rings. The minimum Gasteiger partial charge on any atom is -0.369 e. The van der Waals surface area contributed by atoms with Gasteiger partial charge in [0.05, 0.1) is 6.54 Å². The van der Waals surface area contributed by atoms with Crippen molar-refractivity contribution in [3.05, 3.63) is 0 Å². The summed E-state index contributed by atoms with van der Waals surface area (Å²) in [5.74, 6) is 0.0560. The average Bonchev–Trinajstić information content (AvgIpc) is 2.36. The van der Waals surface area contributed by atoms with E-state index < -0.39 is 0 Å². The van der Waals surface area contributed by atoms with Crippen molar-refractivity contribution in [1.82, 2.24) is 4.90 Å². The predicted molar refractivity (Wildman–Crippen MR) is 83.8 cm³/mol. The lowest BCUT2D eigenvalue weighted by Gasteiger charge is -2.12. The van der Waals surface area contributed by atoms with Crippen LogP contribution in [0, 0.1) is 12.8 Å². The first kappa shape index (κ1) is 22.8. The van der Waals surface area contributed by atoms with E-state index in [0.29, 0.717) is 12.3 Å². The minimum absolute atomic E-state index is 0.